The van der Waals surface area contributed by atoms with Crippen molar-refractivity contribution in [2.24, 2.45) is 11.8 Å². The summed E-state index contributed by atoms with van der Waals surface area (Å²) in [7, 11) is -4.21. The number of para-hydroxylation sites is 1. The first-order valence-electron chi connectivity index (χ1n) is 16.9. The average Bonchev–Trinajstić information content (AvgIpc) is 3.49. The molecule has 0 radical (unpaired) electrons. The van der Waals surface area contributed by atoms with Gasteiger partial charge in [-0.1, -0.05) is 36.4 Å². The number of nitrogens with zero attached hydrogens (tertiary/aromatic N) is 4. The fourth-order valence-electron chi connectivity index (χ4n) is 7.79. The zero-order chi connectivity index (χ0) is 33.5. The van der Waals surface area contributed by atoms with Crippen LogP contribution < -0.4 is 25.2 Å². The van der Waals surface area contributed by atoms with Gasteiger partial charge in [-0.3, -0.25) is 19.1 Å². The number of hydrogen-bond acceptors (Lipinski definition) is 10. The lowest BCUT2D eigenvalue weighted by Crippen LogP contribution is -2.65. The summed E-state index contributed by atoms with van der Waals surface area (Å²) >= 11 is 0. The molecule has 3 aliphatic heterocycles. The monoisotopic (exact) mass is 680 g/mol. The van der Waals surface area contributed by atoms with Crippen molar-refractivity contribution < 1.29 is 32.3 Å². The number of anilines is 1. The summed E-state index contributed by atoms with van der Waals surface area (Å²) in [6.07, 6.45) is 7.36. The first-order chi connectivity index (χ1) is 23.3. The lowest BCUT2D eigenvalue weighted by molar-refractivity contribution is -0.832. The molecule has 4 heterocycles. The molecule has 0 spiro atoms. The smallest absolute Gasteiger partial charge is 0.414 e. The third-order valence-corrected chi connectivity index (χ3v) is 11.6. The standard InChI is InChI=1S/C34H44N6O7S/c41-30(18-7-17-29-28-16-9-21-38-20-8-11-25(32(28)38)24-39(29)26-12-3-1-4-13-26)36-23-31(42)35-19-10-22-46-33-34(40(43)47-37-33)48(44,45)27-14-5-2-6-15-27/h1-6,12-15,25,28-29,32H,7-11,16-24H2,(H,35,42)(H,36,41). The number of sulfone groups is 1. The molecule has 2 N–H and O–H groups in total. The van der Waals surface area contributed by atoms with Crippen LogP contribution in [0, 0.1) is 17.0 Å². The molecule has 4 unspecified atom stereocenters. The Morgan fingerprint density at radius 1 is 0.979 bits per heavy atom. The summed E-state index contributed by atoms with van der Waals surface area (Å²) < 4.78 is 35.6. The maximum atomic E-state index is 12.9. The van der Waals surface area contributed by atoms with Crippen LogP contribution in [0.4, 0.5) is 5.69 Å². The molecular formula is C34H44N6O7S. The van der Waals surface area contributed by atoms with Crippen molar-refractivity contribution in [3.05, 3.63) is 65.9 Å². The van der Waals surface area contributed by atoms with Crippen LogP contribution in [0.1, 0.15) is 51.4 Å². The van der Waals surface area contributed by atoms with E-state index in [1.54, 1.807) is 6.07 Å². The third kappa shape index (κ3) is 7.59. The van der Waals surface area contributed by atoms with E-state index < -0.39 is 20.7 Å². The average molecular weight is 681 g/mol. The van der Waals surface area contributed by atoms with E-state index in [9.17, 15) is 23.2 Å². The minimum Gasteiger partial charge on any atom is -0.454 e. The van der Waals surface area contributed by atoms with Gasteiger partial charge in [-0.2, -0.15) is 0 Å². The Morgan fingerprint density at radius 2 is 1.71 bits per heavy atom. The molecule has 3 aliphatic rings. The summed E-state index contributed by atoms with van der Waals surface area (Å²) in [5, 5.41) is 20.1. The zero-order valence-corrected chi connectivity index (χ0v) is 27.9. The molecule has 258 valence electrons. The van der Waals surface area contributed by atoms with Gasteiger partial charge in [0.25, 0.3) is 9.84 Å². The SMILES string of the molecule is O=C(CCCC1C2CCCN3CCCC(CN1c1ccccc1)C23)NCC(=O)NCCCOc1no[n+]([O-])c1S(=O)(=O)c1ccccc1. The third-order valence-electron chi connectivity index (χ3n) is 9.85. The number of hydrogen-bond donors (Lipinski definition) is 2. The van der Waals surface area contributed by atoms with E-state index in [-0.39, 0.29) is 41.3 Å². The molecule has 0 saturated carbocycles. The van der Waals surface area contributed by atoms with Gasteiger partial charge in [-0.05, 0) is 99.0 Å². The minimum atomic E-state index is -4.21. The van der Waals surface area contributed by atoms with Gasteiger partial charge in [-0.15, -0.1) is 0 Å². The molecule has 0 aliphatic carbocycles. The van der Waals surface area contributed by atoms with Crippen molar-refractivity contribution in [2.45, 2.75) is 73.4 Å². The molecule has 3 saturated heterocycles. The second-order valence-electron chi connectivity index (χ2n) is 12.9. The molecule has 2 amide bonds. The van der Waals surface area contributed by atoms with Gasteiger partial charge in [0.2, 0.25) is 11.8 Å². The quantitative estimate of drug-likeness (QED) is 0.191. The maximum absolute atomic E-state index is 12.9. The first-order valence-corrected chi connectivity index (χ1v) is 18.4. The lowest BCUT2D eigenvalue weighted by atomic mass is 9.69. The van der Waals surface area contributed by atoms with Crippen LogP contribution in [0.25, 0.3) is 0 Å². The number of nitrogens with one attached hydrogen (secondary N) is 2. The fraction of sp³-hybridized carbons (Fsp3) is 0.529. The molecule has 48 heavy (non-hydrogen) atoms. The van der Waals surface area contributed by atoms with Crippen LogP contribution in [-0.2, 0) is 19.4 Å². The predicted octanol–water partition coefficient (Wildman–Crippen LogP) is 2.69. The van der Waals surface area contributed by atoms with Crippen molar-refractivity contribution in [1.82, 2.24) is 20.7 Å². The molecule has 13 nitrogen and oxygen atoms in total. The van der Waals surface area contributed by atoms with Crippen molar-refractivity contribution >= 4 is 27.3 Å². The van der Waals surface area contributed by atoms with Crippen molar-refractivity contribution in [2.75, 3.05) is 44.2 Å². The first kappa shape index (κ1) is 33.7. The van der Waals surface area contributed by atoms with Gasteiger partial charge in [0, 0.05) is 37.3 Å². The van der Waals surface area contributed by atoms with Gasteiger partial charge in [0.15, 0.2) is 0 Å². The summed E-state index contributed by atoms with van der Waals surface area (Å²) in [5.74, 6) is 0.338. The molecule has 4 atom stereocenters. The Balaban J connectivity index is 0.924. The largest absolute Gasteiger partial charge is 0.454 e. The van der Waals surface area contributed by atoms with Crippen LogP contribution in [0.2, 0.25) is 0 Å². The second-order valence-corrected chi connectivity index (χ2v) is 14.7. The van der Waals surface area contributed by atoms with Crippen LogP contribution in [0.15, 0.2) is 75.2 Å². The topological polar surface area (TPSA) is 161 Å². The van der Waals surface area contributed by atoms with E-state index in [4.69, 9.17) is 4.74 Å². The molecular weight excluding hydrogens is 636 g/mol. The molecule has 3 fully saturated rings. The van der Waals surface area contributed by atoms with Crippen molar-refractivity contribution in [3.63, 3.8) is 0 Å². The minimum absolute atomic E-state index is 0.0298. The summed E-state index contributed by atoms with van der Waals surface area (Å²) in [6, 6.07) is 19.1. The number of ether oxygens (including phenoxy) is 1. The second kappa shape index (κ2) is 15.4. The Kier molecular flexibility index (Phi) is 10.8. The Morgan fingerprint density at radius 3 is 2.48 bits per heavy atom. The Hall–Kier alpha value is -4.17. The Labute approximate surface area is 281 Å². The molecule has 1 aromatic heterocycles. The highest BCUT2D eigenvalue weighted by Gasteiger charge is 2.48. The molecule has 14 heteroatoms. The number of aromatic nitrogens is 2. The van der Waals surface area contributed by atoms with Crippen molar-refractivity contribution in [1.29, 1.82) is 0 Å². The normalized spacial score (nSPS) is 22.5. The van der Waals surface area contributed by atoms with Crippen LogP contribution >= 0.6 is 0 Å². The number of carbonyl (C=O) groups is 2. The number of benzene rings is 2. The van der Waals surface area contributed by atoms with Gasteiger partial charge in [-0.25, -0.2) is 8.42 Å². The summed E-state index contributed by atoms with van der Waals surface area (Å²) in [5.41, 5.74) is 1.27. The van der Waals surface area contributed by atoms with Crippen LogP contribution in [0.5, 0.6) is 5.88 Å². The van der Waals surface area contributed by atoms with Gasteiger partial charge in [0.1, 0.15) is 0 Å². The zero-order valence-electron chi connectivity index (χ0n) is 27.0. The number of amides is 2. The fourth-order valence-corrected chi connectivity index (χ4v) is 9.09. The van der Waals surface area contributed by atoms with E-state index >= 15 is 0 Å². The molecule has 2 aromatic carbocycles. The maximum Gasteiger partial charge on any atom is 0.414 e. The van der Waals surface area contributed by atoms with Crippen molar-refractivity contribution in [3.8, 4) is 5.88 Å². The molecule has 6 rings (SSSR count). The lowest BCUT2D eigenvalue weighted by Gasteiger charge is -2.58. The molecule has 3 aromatic rings. The van der Waals surface area contributed by atoms with E-state index in [1.807, 2.05) is 0 Å². The predicted molar refractivity (Wildman–Crippen MR) is 176 cm³/mol. The number of piperidine rings is 3. The Bertz CT molecular complexity index is 1640. The van der Waals surface area contributed by atoms with Gasteiger partial charge < -0.3 is 25.5 Å². The van der Waals surface area contributed by atoms with Gasteiger partial charge in [0.05, 0.1) is 23.2 Å². The van der Waals surface area contributed by atoms with Crippen LogP contribution in [0.3, 0.4) is 0 Å². The number of rotatable bonds is 14. The highest BCUT2D eigenvalue weighted by atomic mass is 32.2. The molecule has 0 bridgehead atoms. The van der Waals surface area contributed by atoms with E-state index in [0.717, 1.165) is 19.4 Å². The number of carbonyl (C=O) groups excluding carboxylic acids is 2. The highest BCUT2D eigenvalue weighted by Crippen LogP contribution is 2.44. The highest BCUT2D eigenvalue weighted by molar-refractivity contribution is 7.91. The summed E-state index contributed by atoms with van der Waals surface area (Å²) in [6.45, 7) is 3.52. The summed E-state index contributed by atoms with van der Waals surface area (Å²) in [4.78, 5) is 30.1. The van der Waals surface area contributed by atoms with Crippen LogP contribution in [-0.4, -0.2) is 81.7 Å². The van der Waals surface area contributed by atoms with Gasteiger partial charge >= 0.3 is 10.9 Å². The van der Waals surface area contributed by atoms with E-state index in [1.165, 1.54) is 68.7 Å². The van der Waals surface area contributed by atoms with E-state index in [2.05, 4.69) is 60.6 Å². The van der Waals surface area contributed by atoms with E-state index in [0.29, 0.717) is 36.8 Å².